The molecule has 0 bridgehead atoms. The number of aromatic nitrogens is 3. The third kappa shape index (κ3) is 4.67. The fraction of sp³-hybridized carbons (Fsp3) is 0.350. The summed E-state index contributed by atoms with van der Waals surface area (Å²) in [6.45, 7) is 2.87. The zero-order valence-electron chi connectivity index (χ0n) is 16.9. The van der Waals surface area contributed by atoms with Gasteiger partial charge >= 0.3 is 0 Å². The van der Waals surface area contributed by atoms with Gasteiger partial charge in [-0.1, -0.05) is 17.4 Å². The van der Waals surface area contributed by atoms with E-state index in [1.165, 1.54) is 6.07 Å². The van der Waals surface area contributed by atoms with E-state index in [0.717, 1.165) is 61.8 Å². The van der Waals surface area contributed by atoms with Crippen molar-refractivity contribution in [3.05, 3.63) is 41.6 Å². The summed E-state index contributed by atoms with van der Waals surface area (Å²) in [5.41, 5.74) is 5.50. The first kappa shape index (κ1) is 21.2. The number of nitrogens with zero attached hydrogens (tertiary/aromatic N) is 3. The number of aryl methyl sites for hydroxylation is 1. The number of piperidine rings is 1. The number of benzene rings is 1. The van der Waals surface area contributed by atoms with E-state index in [1.807, 2.05) is 0 Å². The number of thiazole rings is 1. The molecule has 0 spiro atoms. The number of rotatable bonds is 6. The van der Waals surface area contributed by atoms with E-state index in [4.69, 9.17) is 5.73 Å². The van der Waals surface area contributed by atoms with E-state index in [0.29, 0.717) is 11.7 Å². The van der Waals surface area contributed by atoms with Crippen LogP contribution < -0.4 is 21.7 Å². The zero-order chi connectivity index (χ0) is 22.0. The topological polar surface area (TPSA) is 110 Å². The maximum absolute atomic E-state index is 14.0. The lowest BCUT2D eigenvalue weighted by Crippen LogP contribution is -2.31. The Morgan fingerprint density at radius 1 is 1.32 bits per heavy atom. The molecule has 1 amide bonds. The highest BCUT2D eigenvalue weighted by atomic mass is 32.1. The molecule has 0 aliphatic carbocycles. The van der Waals surface area contributed by atoms with Crippen LogP contribution in [0.3, 0.4) is 0 Å². The molecular weight excluding hydrogens is 424 g/mol. The van der Waals surface area contributed by atoms with Gasteiger partial charge in [-0.15, -0.1) is 0 Å². The minimum absolute atomic E-state index is 0.00333. The summed E-state index contributed by atoms with van der Waals surface area (Å²) < 4.78 is 29.7. The van der Waals surface area contributed by atoms with Crippen LogP contribution in [0.25, 0.3) is 10.6 Å². The predicted octanol–water partition coefficient (Wildman–Crippen LogP) is 3.07. The zero-order valence-corrected chi connectivity index (χ0v) is 17.7. The summed E-state index contributed by atoms with van der Waals surface area (Å²) in [7, 11) is 1.77. The molecule has 3 heterocycles. The van der Waals surface area contributed by atoms with Crippen LogP contribution >= 0.6 is 11.3 Å². The van der Waals surface area contributed by atoms with Crippen molar-refractivity contribution in [2.24, 2.45) is 13.0 Å². The van der Waals surface area contributed by atoms with E-state index < -0.39 is 17.5 Å². The first-order valence-electron chi connectivity index (χ1n) is 9.93. The summed E-state index contributed by atoms with van der Waals surface area (Å²) in [5.74, 6) is -0.453. The maximum Gasteiger partial charge on any atom is 0.278 e. The third-order valence-electron chi connectivity index (χ3n) is 5.20. The summed E-state index contributed by atoms with van der Waals surface area (Å²) in [6.07, 6.45) is 2.23. The van der Waals surface area contributed by atoms with Gasteiger partial charge in [0.15, 0.2) is 11.5 Å². The molecular formula is C20H23F2N7OS. The molecule has 31 heavy (non-hydrogen) atoms. The van der Waals surface area contributed by atoms with Crippen LogP contribution in [0, 0.1) is 17.6 Å². The second kappa shape index (κ2) is 8.98. The van der Waals surface area contributed by atoms with Crippen molar-refractivity contribution in [2.75, 3.05) is 36.0 Å². The number of carbonyl (C=O) groups is 1. The Morgan fingerprint density at radius 2 is 2.03 bits per heavy atom. The van der Waals surface area contributed by atoms with Gasteiger partial charge in [0.25, 0.3) is 5.91 Å². The monoisotopic (exact) mass is 447 g/mol. The first-order chi connectivity index (χ1) is 14.9. The molecule has 1 saturated heterocycles. The lowest BCUT2D eigenvalue weighted by Gasteiger charge is -2.23. The Labute approximate surface area is 181 Å². The van der Waals surface area contributed by atoms with Crippen molar-refractivity contribution >= 4 is 33.9 Å². The minimum Gasteiger partial charge on any atom is -0.389 e. The quantitative estimate of drug-likeness (QED) is 0.462. The van der Waals surface area contributed by atoms with Gasteiger partial charge < -0.3 is 21.7 Å². The van der Waals surface area contributed by atoms with Crippen LogP contribution in [0.15, 0.2) is 24.3 Å². The molecule has 2 aromatic heterocycles. The van der Waals surface area contributed by atoms with Crippen molar-refractivity contribution in [1.82, 2.24) is 20.1 Å². The fourth-order valence-electron chi connectivity index (χ4n) is 3.51. The molecule has 8 nitrogen and oxygen atoms in total. The molecule has 0 saturated carbocycles. The van der Waals surface area contributed by atoms with Crippen LogP contribution in [0.5, 0.6) is 0 Å². The lowest BCUT2D eigenvalue weighted by atomic mass is 9.98. The summed E-state index contributed by atoms with van der Waals surface area (Å²) in [6, 6.07) is 5.24. The normalized spacial score (nSPS) is 14.5. The molecule has 4 rings (SSSR count). The van der Waals surface area contributed by atoms with E-state index >= 15 is 0 Å². The molecule has 1 fully saturated rings. The van der Waals surface area contributed by atoms with Crippen molar-refractivity contribution in [3.63, 3.8) is 0 Å². The molecule has 0 unspecified atom stereocenters. The van der Waals surface area contributed by atoms with Crippen LogP contribution in [-0.4, -0.2) is 40.3 Å². The average molecular weight is 448 g/mol. The smallest absolute Gasteiger partial charge is 0.278 e. The number of hydrogen-bond donors (Lipinski definition) is 4. The van der Waals surface area contributed by atoms with Gasteiger partial charge in [-0.05, 0) is 44.0 Å². The Bertz CT molecular complexity index is 1070. The summed E-state index contributed by atoms with van der Waals surface area (Å²) >= 11 is 0.850. The number of halogens is 2. The number of nitrogens with one attached hydrogen (secondary N) is 3. The summed E-state index contributed by atoms with van der Waals surface area (Å²) in [4.78, 5) is 16.7. The molecule has 1 aromatic carbocycles. The van der Waals surface area contributed by atoms with Crippen LogP contribution in [0.1, 0.15) is 23.3 Å². The Hall–Kier alpha value is -3.05. The highest BCUT2D eigenvalue weighted by Gasteiger charge is 2.22. The molecule has 0 radical (unpaired) electrons. The molecule has 164 valence electrons. The Morgan fingerprint density at radius 3 is 2.74 bits per heavy atom. The number of nitrogens with two attached hydrogens (primary N) is 1. The number of anilines is 3. The highest BCUT2D eigenvalue weighted by Crippen LogP contribution is 2.33. The first-order valence-corrected chi connectivity index (χ1v) is 10.7. The second-order valence-corrected chi connectivity index (χ2v) is 8.43. The number of amides is 1. The van der Waals surface area contributed by atoms with E-state index in [2.05, 4.69) is 26.0 Å². The molecule has 1 aliphatic heterocycles. The predicted molar refractivity (Wildman–Crippen MR) is 117 cm³/mol. The van der Waals surface area contributed by atoms with Gasteiger partial charge in [0.05, 0.1) is 5.56 Å². The molecule has 3 aromatic rings. The summed E-state index contributed by atoms with van der Waals surface area (Å²) in [5, 5.41) is 13.7. The van der Waals surface area contributed by atoms with Gasteiger partial charge in [0.1, 0.15) is 27.5 Å². The standard InChI is InChI=1S/C20H23F2N7OS/c1-29-15(25-10-11-5-7-24-8-6-11)9-14(28-29)26-19(30)17-18(23)31-20(27-17)16-12(21)3-2-4-13(16)22/h2-4,9,11,24-25H,5-8,10,23H2,1H3,(H,26,28,30). The molecule has 5 N–H and O–H groups in total. The van der Waals surface area contributed by atoms with Crippen LogP contribution in [0.2, 0.25) is 0 Å². The Kier molecular flexibility index (Phi) is 6.14. The highest BCUT2D eigenvalue weighted by molar-refractivity contribution is 7.19. The number of carbonyl (C=O) groups excluding carboxylic acids is 1. The fourth-order valence-corrected chi connectivity index (χ4v) is 4.39. The molecule has 0 atom stereocenters. The van der Waals surface area contributed by atoms with Crippen LogP contribution in [-0.2, 0) is 7.05 Å². The average Bonchev–Trinajstić information content (AvgIpc) is 3.29. The van der Waals surface area contributed by atoms with Crippen molar-refractivity contribution < 1.29 is 13.6 Å². The van der Waals surface area contributed by atoms with Crippen molar-refractivity contribution in [2.45, 2.75) is 12.8 Å². The lowest BCUT2D eigenvalue weighted by molar-refractivity contribution is 0.102. The number of hydrogen-bond acceptors (Lipinski definition) is 7. The van der Waals surface area contributed by atoms with Gasteiger partial charge in [-0.25, -0.2) is 13.8 Å². The largest absolute Gasteiger partial charge is 0.389 e. The maximum atomic E-state index is 14.0. The second-order valence-electron chi connectivity index (χ2n) is 7.40. The third-order valence-corrected chi connectivity index (χ3v) is 6.10. The molecule has 11 heteroatoms. The Balaban J connectivity index is 1.46. The van der Waals surface area contributed by atoms with Gasteiger partial charge in [0, 0.05) is 19.7 Å². The van der Waals surface area contributed by atoms with Gasteiger partial charge in [0.2, 0.25) is 0 Å². The SMILES string of the molecule is Cn1nc(NC(=O)c2nc(-c3c(F)cccc3F)sc2N)cc1NCC1CCNCC1. The van der Waals surface area contributed by atoms with Gasteiger partial charge in [-0.3, -0.25) is 9.48 Å². The van der Waals surface area contributed by atoms with Crippen LogP contribution in [0.4, 0.5) is 25.4 Å². The van der Waals surface area contributed by atoms with E-state index in [-0.39, 0.29) is 21.3 Å². The minimum atomic E-state index is -0.769. The molecule has 1 aliphatic rings. The van der Waals surface area contributed by atoms with E-state index in [9.17, 15) is 13.6 Å². The van der Waals surface area contributed by atoms with E-state index in [1.54, 1.807) is 17.8 Å². The van der Waals surface area contributed by atoms with Crippen molar-refractivity contribution in [1.29, 1.82) is 0 Å². The van der Waals surface area contributed by atoms with Crippen molar-refractivity contribution in [3.8, 4) is 10.6 Å². The number of nitrogen functional groups attached to an aromatic ring is 1. The van der Waals surface area contributed by atoms with Gasteiger partial charge in [-0.2, -0.15) is 5.10 Å².